The largest absolute Gasteiger partial charge is 0.508 e. The lowest BCUT2D eigenvalue weighted by Gasteiger charge is -2.29. The van der Waals surface area contributed by atoms with Gasteiger partial charge in [-0.05, 0) is 76.0 Å². The van der Waals surface area contributed by atoms with Gasteiger partial charge in [-0.2, -0.15) is 0 Å². The van der Waals surface area contributed by atoms with Crippen molar-refractivity contribution in [3.8, 4) is 5.75 Å². The van der Waals surface area contributed by atoms with Crippen LogP contribution in [0.15, 0.2) is 24.3 Å². The van der Waals surface area contributed by atoms with Gasteiger partial charge in [-0.1, -0.05) is 39.8 Å². The monoisotopic (exact) mass is 712 g/mol. The molecule has 0 aliphatic rings. The van der Waals surface area contributed by atoms with E-state index in [9.17, 15) is 33.9 Å². The summed E-state index contributed by atoms with van der Waals surface area (Å²) in [6.07, 6.45) is -0.247. The van der Waals surface area contributed by atoms with Crippen molar-refractivity contribution in [1.29, 1.82) is 0 Å². The molecule has 276 valence electrons. The summed E-state index contributed by atoms with van der Waals surface area (Å²) in [4.78, 5) is 77.4. The molecule has 49 heavy (non-hydrogen) atoms. The van der Waals surface area contributed by atoms with Crippen LogP contribution in [0.5, 0.6) is 5.75 Å². The number of unbranched alkanes of at least 4 members (excludes halogenated alkanes) is 1. The first-order chi connectivity index (χ1) is 22.9. The van der Waals surface area contributed by atoms with Gasteiger partial charge in [0.25, 0.3) is 11.8 Å². The first kappa shape index (κ1) is 42.8. The van der Waals surface area contributed by atoms with Crippen LogP contribution in [-0.2, 0) is 35.2 Å². The zero-order valence-corrected chi connectivity index (χ0v) is 30.4. The van der Waals surface area contributed by atoms with Gasteiger partial charge in [-0.15, -0.1) is 11.6 Å². The van der Waals surface area contributed by atoms with E-state index in [2.05, 4.69) is 31.4 Å². The molecular weight excluding hydrogens is 660 g/mol. The number of rotatable bonds is 17. The molecule has 3 atom stereocenters. The number of phenolic OH excluding ortho intramolecular Hbond substituents is 1. The number of halogens is 1. The number of carbonyl (C=O) groups is 6. The zero-order chi connectivity index (χ0) is 37.3. The Kier molecular flexibility index (Phi) is 18.3. The molecule has 0 aliphatic carbocycles. The molecule has 0 radical (unpaired) electrons. The van der Waals surface area contributed by atoms with Crippen LogP contribution in [0.4, 0.5) is 9.59 Å². The molecule has 0 saturated carbocycles. The highest BCUT2D eigenvalue weighted by Gasteiger charge is 2.32. The number of ether oxygens (including phenoxy) is 2. The number of alkyl halides is 1. The molecule has 16 heteroatoms. The molecule has 6 amide bonds. The first-order valence-electron chi connectivity index (χ1n) is 16.2. The summed E-state index contributed by atoms with van der Waals surface area (Å²) >= 11 is 5.81. The van der Waals surface area contributed by atoms with Gasteiger partial charge < -0.3 is 35.8 Å². The summed E-state index contributed by atoms with van der Waals surface area (Å²) < 4.78 is 9.88. The number of hydrogen-bond acceptors (Lipinski definition) is 9. The molecule has 0 heterocycles. The molecular formula is C33H53ClN6O9. The van der Waals surface area contributed by atoms with Gasteiger partial charge in [0.05, 0.1) is 13.7 Å². The van der Waals surface area contributed by atoms with Crippen molar-refractivity contribution in [2.45, 2.75) is 104 Å². The molecule has 0 aliphatic heterocycles. The SMILES string of the molecule is COC(=O)NCCCC[C@H](NC(=O)[C@@H](NC(=O)OC(C)(C)C)C(C)C)C(=O)N[C@@H](CC(C)C)C(=O)NN(Cc1ccc(O)cc1)C(=O)CCl. The van der Waals surface area contributed by atoms with Crippen molar-refractivity contribution < 1.29 is 43.3 Å². The number of amides is 6. The van der Waals surface area contributed by atoms with Crippen LogP contribution in [0, 0.1) is 11.8 Å². The summed E-state index contributed by atoms with van der Waals surface area (Å²) in [5, 5.41) is 21.2. The van der Waals surface area contributed by atoms with Crippen molar-refractivity contribution >= 4 is 47.4 Å². The van der Waals surface area contributed by atoms with E-state index in [1.807, 2.05) is 13.8 Å². The minimum absolute atomic E-state index is 0.0319. The maximum Gasteiger partial charge on any atom is 0.408 e. The van der Waals surface area contributed by atoms with Gasteiger partial charge in [-0.25, -0.2) is 14.6 Å². The number of aromatic hydroxyl groups is 1. The number of phenols is 1. The lowest BCUT2D eigenvalue weighted by Crippen LogP contribution is -2.59. The lowest BCUT2D eigenvalue weighted by atomic mass is 10.0. The summed E-state index contributed by atoms with van der Waals surface area (Å²) in [5.74, 6) is -3.41. The van der Waals surface area contributed by atoms with E-state index in [4.69, 9.17) is 16.3 Å². The van der Waals surface area contributed by atoms with Crippen LogP contribution in [0.3, 0.4) is 0 Å². The molecule has 15 nitrogen and oxygen atoms in total. The van der Waals surface area contributed by atoms with Crippen molar-refractivity contribution in [1.82, 2.24) is 31.7 Å². The fraction of sp³-hybridized carbons (Fsp3) is 0.636. The van der Waals surface area contributed by atoms with Gasteiger partial charge in [0, 0.05) is 6.54 Å². The van der Waals surface area contributed by atoms with Gasteiger partial charge in [-0.3, -0.25) is 24.6 Å². The highest BCUT2D eigenvalue weighted by molar-refractivity contribution is 6.27. The van der Waals surface area contributed by atoms with Gasteiger partial charge in [0.15, 0.2) is 0 Å². The fourth-order valence-electron chi connectivity index (χ4n) is 4.47. The van der Waals surface area contributed by atoms with Crippen molar-refractivity contribution in [2.75, 3.05) is 19.5 Å². The third-order valence-corrected chi connectivity index (χ3v) is 7.13. The molecule has 0 unspecified atom stereocenters. The maximum absolute atomic E-state index is 13.8. The number of hydrazine groups is 1. The summed E-state index contributed by atoms with van der Waals surface area (Å²) in [6, 6.07) is 2.76. The quantitative estimate of drug-likeness (QED) is 0.0797. The van der Waals surface area contributed by atoms with Gasteiger partial charge in [0.1, 0.15) is 35.4 Å². The third-order valence-electron chi connectivity index (χ3n) is 6.91. The van der Waals surface area contributed by atoms with Crippen LogP contribution in [-0.4, -0.2) is 89.2 Å². The van der Waals surface area contributed by atoms with E-state index < -0.39 is 65.4 Å². The van der Waals surface area contributed by atoms with E-state index >= 15 is 0 Å². The van der Waals surface area contributed by atoms with Crippen LogP contribution in [0.1, 0.15) is 79.7 Å². The van der Waals surface area contributed by atoms with Crippen molar-refractivity contribution in [2.24, 2.45) is 11.8 Å². The molecule has 1 rings (SSSR count). The topological polar surface area (TPSA) is 204 Å². The number of hydrogen-bond donors (Lipinski definition) is 6. The summed E-state index contributed by atoms with van der Waals surface area (Å²) in [7, 11) is 1.24. The number of methoxy groups -OCH3 is 1. The second-order valence-electron chi connectivity index (χ2n) is 13.3. The standard InChI is InChI=1S/C33H53ClN6O9/c1-20(2)17-25(29(44)39-40(26(42)18-34)19-22-12-14-23(41)15-13-22)37-28(43)24(11-9-10-16-35-31(46)48-8)36-30(45)27(21(3)4)38-32(47)49-33(5,6)7/h12-15,20-21,24-25,27,41H,9-11,16-19H2,1-8H3,(H,35,46)(H,36,45)(H,37,43)(H,38,47)(H,39,44)/t24-,25-,27-/m0/s1. The molecule has 1 aromatic rings. The average Bonchev–Trinajstić information content (AvgIpc) is 3.01. The smallest absolute Gasteiger partial charge is 0.408 e. The van der Waals surface area contributed by atoms with Crippen LogP contribution < -0.4 is 26.7 Å². The van der Waals surface area contributed by atoms with Crippen LogP contribution >= 0.6 is 11.6 Å². The van der Waals surface area contributed by atoms with Crippen molar-refractivity contribution in [3.63, 3.8) is 0 Å². The Balaban J connectivity index is 3.22. The summed E-state index contributed by atoms with van der Waals surface area (Å²) in [6.45, 7) is 12.4. The van der Waals surface area contributed by atoms with Gasteiger partial charge >= 0.3 is 12.2 Å². The average molecular weight is 713 g/mol. The Hall–Kier alpha value is -4.27. The Morgan fingerprint density at radius 2 is 1.47 bits per heavy atom. The Morgan fingerprint density at radius 1 is 0.857 bits per heavy atom. The number of nitrogens with one attached hydrogen (secondary N) is 5. The van der Waals surface area contributed by atoms with Crippen LogP contribution in [0.2, 0.25) is 0 Å². The van der Waals surface area contributed by atoms with Crippen molar-refractivity contribution in [3.05, 3.63) is 29.8 Å². The second-order valence-corrected chi connectivity index (χ2v) is 13.6. The van der Waals surface area contributed by atoms with E-state index in [0.717, 1.165) is 5.01 Å². The minimum atomic E-state index is -1.13. The third kappa shape index (κ3) is 17.1. The van der Waals surface area contributed by atoms with E-state index in [1.54, 1.807) is 46.8 Å². The maximum atomic E-state index is 13.8. The summed E-state index contributed by atoms with van der Waals surface area (Å²) in [5.41, 5.74) is 2.35. The Bertz CT molecular complexity index is 1250. The lowest BCUT2D eigenvalue weighted by molar-refractivity contribution is -0.142. The molecule has 6 N–H and O–H groups in total. The van der Waals surface area contributed by atoms with E-state index in [0.29, 0.717) is 18.4 Å². The normalized spacial score (nSPS) is 13.0. The number of benzene rings is 1. The van der Waals surface area contributed by atoms with E-state index in [1.165, 1.54) is 19.2 Å². The predicted octanol–water partition coefficient (Wildman–Crippen LogP) is 3.08. The highest BCUT2D eigenvalue weighted by Crippen LogP contribution is 2.14. The Labute approximate surface area is 293 Å². The number of carbonyl (C=O) groups excluding carboxylic acids is 6. The molecule has 0 aromatic heterocycles. The number of nitrogens with zero attached hydrogens (tertiary/aromatic N) is 1. The van der Waals surface area contributed by atoms with E-state index in [-0.39, 0.29) is 43.5 Å². The Morgan fingerprint density at radius 3 is 2.00 bits per heavy atom. The molecule has 0 bridgehead atoms. The van der Waals surface area contributed by atoms with Crippen LogP contribution in [0.25, 0.3) is 0 Å². The molecule has 0 spiro atoms. The van der Waals surface area contributed by atoms with Gasteiger partial charge in [0.2, 0.25) is 11.8 Å². The second kappa shape index (κ2) is 21.0. The first-order valence-corrected chi connectivity index (χ1v) is 16.8. The number of alkyl carbamates (subject to hydrolysis) is 2. The molecule has 1 aromatic carbocycles. The fourth-order valence-corrected chi connectivity index (χ4v) is 4.61. The molecule has 0 fully saturated rings. The highest BCUT2D eigenvalue weighted by atomic mass is 35.5. The predicted molar refractivity (Wildman–Crippen MR) is 183 cm³/mol. The zero-order valence-electron chi connectivity index (χ0n) is 29.7. The molecule has 0 saturated heterocycles. The minimum Gasteiger partial charge on any atom is -0.508 e.